The van der Waals surface area contributed by atoms with E-state index in [-0.39, 0.29) is 11.5 Å². The lowest BCUT2D eigenvalue weighted by molar-refractivity contribution is 0.141. The fourth-order valence-electron chi connectivity index (χ4n) is 3.35. The first-order valence-corrected chi connectivity index (χ1v) is 7.37. The third-order valence-electron chi connectivity index (χ3n) is 4.61. The molecule has 3 heteroatoms. The molecule has 1 aromatic rings. The Morgan fingerprint density at radius 1 is 1.21 bits per heavy atom. The Morgan fingerprint density at radius 3 is 2.53 bits per heavy atom. The molecule has 0 spiro atoms. The summed E-state index contributed by atoms with van der Waals surface area (Å²) in [4.78, 5) is 0. The number of benzene rings is 1. The van der Waals surface area contributed by atoms with E-state index in [1.54, 1.807) is 0 Å². The molecule has 1 saturated heterocycles. The third-order valence-corrected chi connectivity index (χ3v) is 4.61. The van der Waals surface area contributed by atoms with Gasteiger partial charge in [0.2, 0.25) is 0 Å². The van der Waals surface area contributed by atoms with Crippen LogP contribution in [0.5, 0.6) is 5.75 Å². The maximum atomic E-state index is 6.02. The van der Waals surface area contributed by atoms with Crippen molar-refractivity contribution >= 4 is 0 Å². The molecule has 1 atom stereocenters. The minimum Gasteiger partial charge on any atom is -0.488 e. The summed E-state index contributed by atoms with van der Waals surface area (Å²) in [6.45, 7) is 2.29. The van der Waals surface area contributed by atoms with Gasteiger partial charge in [-0.15, -0.1) is 0 Å². The van der Waals surface area contributed by atoms with Crippen LogP contribution in [0.25, 0.3) is 0 Å². The van der Waals surface area contributed by atoms with E-state index < -0.39 is 0 Å². The Morgan fingerprint density at radius 2 is 1.95 bits per heavy atom. The molecule has 0 radical (unpaired) electrons. The Labute approximate surface area is 115 Å². The van der Waals surface area contributed by atoms with Gasteiger partial charge >= 0.3 is 0 Å². The highest BCUT2D eigenvalue weighted by molar-refractivity contribution is 5.33. The molecular formula is C16H23NO2. The molecule has 19 heavy (non-hydrogen) atoms. The molecule has 1 aliphatic carbocycles. The van der Waals surface area contributed by atoms with Gasteiger partial charge in [-0.2, -0.15) is 0 Å². The van der Waals surface area contributed by atoms with Gasteiger partial charge in [-0.05, 0) is 30.5 Å². The van der Waals surface area contributed by atoms with Crippen molar-refractivity contribution in [3.05, 3.63) is 29.8 Å². The predicted octanol–water partition coefficient (Wildman–Crippen LogP) is 2.62. The summed E-state index contributed by atoms with van der Waals surface area (Å²) in [7, 11) is 0. The molecule has 1 aliphatic heterocycles. The second-order valence-electron chi connectivity index (χ2n) is 5.82. The van der Waals surface area contributed by atoms with Crippen LogP contribution in [0.15, 0.2) is 24.3 Å². The molecule has 2 N–H and O–H groups in total. The molecule has 3 rings (SSSR count). The fraction of sp³-hybridized carbons (Fsp3) is 0.625. The lowest BCUT2D eigenvalue weighted by Gasteiger charge is -2.28. The van der Waals surface area contributed by atoms with Crippen molar-refractivity contribution < 1.29 is 9.47 Å². The van der Waals surface area contributed by atoms with Gasteiger partial charge in [0.1, 0.15) is 11.9 Å². The largest absolute Gasteiger partial charge is 0.488 e. The van der Waals surface area contributed by atoms with Crippen molar-refractivity contribution in [2.45, 2.75) is 43.6 Å². The van der Waals surface area contributed by atoms with E-state index in [2.05, 4.69) is 24.3 Å². The first-order valence-electron chi connectivity index (χ1n) is 7.37. The molecule has 0 amide bonds. The van der Waals surface area contributed by atoms with Gasteiger partial charge in [-0.1, -0.05) is 25.0 Å². The molecule has 1 aromatic carbocycles. The molecule has 104 valence electrons. The van der Waals surface area contributed by atoms with Crippen molar-refractivity contribution in [1.29, 1.82) is 0 Å². The quantitative estimate of drug-likeness (QED) is 0.906. The highest BCUT2D eigenvalue weighted by Gasteiger charge is 2.34. The molecule has 1 saturated carbocycles. The van der Waals surface area contributed by atoms with E-state index >= 15 is 0 Å². The van der Waals surface area contributed by atoms with Crippen molar-refractivity contribution in [1.82, 2.24) is 0 Å². The Kier molecular flexibility index (Phi) is 3.76. The summed E-state index contributed by atoms with van der Waals surface area (Å²) in [6, 6.07) is 8.57. The van der Waals surface area contributed by atoms with Gasteiger partial charge in [0.15, 0.2) is 0 Å². The smallest absolute Gasteiger partial charge is 0.124 e. The lowest BCUT2D eigenvalue weighted by Crippen LogP contribution is -2.31. The van der Waals surface area contributed by atoms with E-state index in [1.807, 2.05) is 0 Å². The number of hydrogen-bond acceptors (Lipinski definition) is 3. The van der Waals surface area contributed by atoms with Crippen LogP contribution in [0.4, 0.5) is 0 Å². The summed E-state index contributed by atoms with van der Waals surface area (Å²) in [5.74, 6) is 0.949. The van der Waals surface area contributed by atoms with Gasteiger partial charge in [-0.25, -0.2) is 0 Å². The van der Waals surface area contributed by atoms with Crippen LogP contribution in [0.3, 0.4) is 0 Å². The van der Waals surface area contributed by atoms with Crippen LogP contribution < -0.4 is 10.5 Å². The normalized spacial score (nSPS) is 25.6. The Hall–Kier alpha value is -1.06. The molecular weight excluding hydrogens is 238 g/mol. The summed E-state index contributed by atoms with van der Waals surface area (Å²) >= 11 is 0. The first-order chi connectivity index (χ1) is 9.32. The van der Waals surface area contributed by atoms with Gasteiger partial charge < -0.3 is 15.2 Å². The third kappa shape index (κ3) is 2.63. The highest BCUT2D eigenvalue weighted by atomic mass is 16.5. The zero-order valence-electron chi connectivity index (χ0n) is 11.4. The van der Waals surface area contributed by atoms with Crippen LogP contribution in [0.1, 0.15) is 37.7 Å². The first kappa shape index (κ1) is 12.9. The topological polar surface area (TPSA) is 44.5 Å². The summed E-state index contributed by atoms with van der Waals surface area (Å²) in [5.41, 5.74) is 7.62. The SMILES string of the molecule is NCC1(c2ccc(OC3CCOC3)cc2)CCCC1. The van der Waals surface area contributed by atoms with E-state index in [1.165, 1.54) is 31.2 Å². The predicted molar refractivity (Wildman–Crippen MR) is 75.5 cm³/mol. The second-order valence-corrected chi connectivity index (χ2v) is 5.82. The maximum absolute atomic E-state index is 6.02. The van der Waals surface area contributed by atoms with Crippen LogP contribution >= 0.6 is 0 Å². The number of nitrogens with two attached hydrogens (primary N) is 1. The van der Waals surface area contributed by atoms with E-state index in [4.69, 9.17) is 15.2 Å². The minimum absolute atomic E-state index is 0.217. The van der Waals surface area contributed by atoms with Crippen LogP contribution in [-0.4, -0.2) is 25.9 Å². The zero-order valence-corrected chi connectivity index (χ0v) is 11.4. The van der Waals surface area contributed by atoms with Crippen molar-refractivity contribution in [3.8, 4) is 5.75 Å². The highest BCUT2D eigenvalue weighted by Crippen LogP contribution is 2.40. The average Bonchev–Trinajstić information content (AvgIpc) is 3.11. The summed E-state index contributed by atoms with van der Waals surface area (Å²) in [5, 5.41) is 0. The fourth-order valence-corrected chi connectivity index (χ4v) is 3.35. The molecule has 3 nitrogen and oxygen atoms in total. The van der Waals surface area contributed by atoms with Crippen molar-refractivity contribution in [2.75, 3.05) is 19.8 Å². The maximum Gasteiger partial charge on any atom is 0.124 e. The zero-order chi connectivity index (χ0) is 13.1. The van der Waals surface area contributed by atoms with Crippen molar-refractivity contribution in [2.24, 2.45) is 5.73 Å². The van der Waals surface area contributed by atoms with Gasteiger partial charge in [-0.3, -0.25) is 0 Å². The van der Waals surface area contributed by atoms with Gasteiger partial charge in [0.25, 0.3) is 0 Å². The lowest BCUT2D eigenvalue weighted by atomic mass is 9.79. The summed E-state index contributed by atoms with van der Waals surface area (Å²) in [6.07, 6.45) is 6.26. The number of ether oxygens (including phenoxy) is 2. The molecule has 0 bridgehead atoms. The minimum atomic E-state index is 0.217. The van der Waals surface area contributed by atoms with E-state index in [9.17, 15) is 0 Å². The molecule has 2 aliphatic rings. The molecule has 0 aromatic heterocycles. The Balaban J connectivity index is 1.71. The van der Waals surface area contributed by atoms with Gasteiger partial charge in [0, 0.05) is 18.4 Å². The molecule has 2 fully saturated rings. The number of rotatable bonds is 4. The van der Waals surface area contributed by atoms with Gasteiger partial charge in [0.05, 0.1) is 13.2 Å². The van der Waals surface area contributed by atoms with E-state index in [0.717, 1.165) is 25.3 Å². The average molecular weight is 261 g/mol. The van der Waals surface area contributed by atoms with Crippen molar-refractivity contribution in [3.63, 3.8) is 0 Å². The Bertz CT molecular complexity index is 403. The summed E-state index contributed by atoms with van der Waals surface area (Å²) < 4.78 is 11.2. The van der Waals surface area contributed by atoms with E-state index in [0.29, 0.717) is 6.61 Å². The van der Waals surface area contributed by atoms with Crippen LogP contribution in [0.2, 0.25) is 0 Å². The number of hydrogen-bond donors (Lipinski definition) is 1. The van der Waals surface area contributed by atoms with Crippen LogP contribution in [-0.2, 0) is 10.2 Å². The standard InChI is InChI=1S/C16H23NO2/c17-12-16(8-1-2-9-16)13-3-5-14(6-4-13)19-15-7-10-18-11-15/h3-6,15H,1-2,7-12,17H2. The monoisotopic (exact) mass is 261 g/mol. The second kappa shape index (κ2) is 5.51. The van der Waals surface area contributed by atoms with Crippen LogP contribution in [0, 0.1) is 0 Å². The molecule has 1 heterocycles. The molecule has 1 unspecified atom stereocenters.